The summed E-state index contributed by atoms with van der Waals surface area (Å²) < 4.78 is 42.7. The van der Waals surface area contributed by atoms with Crippen LogP contribution in [0.1, 0.15) is 15.9 Å². The number of benzene rings is 2. The Bertz CT molecular complexity index is 1680. The Morgan fingerprint density at radius 3 is 2.55 bits per heavy atom. The number of nitrogens with two attached hydrogens (primary N) is 1. The zero-order valence-corrected chi connectivity index (χ0v) is 18.2. The van der Waals surface area contributed by atoms with Gasteiger partial charge in [-0.1, -0.05) is 23.8 Å². The van der Waals surface area contributed by atoms with Crippen LogP contribution >= 0.6 is 0 Å². The lowest BCUT2D eigenvalue weighted by Crippen LogP contribution is -2.14. The molecule has 0 unspecified atom stereocenters. The molecule has 0 aliphatic rings. The smallest absolute Gasteiger partial charge is 0.269 e. The van der Waals surface area contributed by atoms with Crippen molar-refractivity contribution in [2.75, 3.05) is 0 Å². The summed E-state index contributed by atoms with van der Waals surface area (Å²) >= 11 is 0. The van der Waals surface area contributed by atoms with Crippen molar-refractivity contribution in [3.63, 3.8) is 0 Å². The topological polar surface area (TPSA) is 108 Å². The van der Waals surface area contributed by atoms with E-state index in [1.807, 2.05) is 6.92 Å². The minimum atomic E-state index is -4.02. The fourth-order valence-electron chi connectivity index (χ4n) is 3.75. The van der Waals surface area contributed by atoms with Crippen molar-refractivity contribution >= 4 is 37.9 Å². The molecule has 0 fully saturated rings. The lowest BCUT2D eigenvalue weighted by Gasteiger charge is -2.07. The van der Waals surface area contributed by atoms with Gasteiger partial charge in [0.15, 0.2) is 5.65 Å². The first kappa shape index (κ1) is 20.8. The molecule has 0 bridgehead atoms. The third kappa shape index (κ3) is 3.42. The molecule has 9 heteroatoms. The Morgan fingerprint density at radius 1 is 1.06 bits per heavy atom. The maximum absolute atomic E-state index is 14.8. The van der Waals surface area contributed by atoms with Gasteiger partial charge in [0.05, 0.1) is 10.5 Å². The number of halogens is 1. The van der Waals surface area contributed by atoms with Crippen LogP contribution in [0.3, 0.4) is 0 Å². The standard InChI is InChI=1S/C24H17FN4O3S/c1-14-4-6-18(7-5-14)33(31,32)29-13-20(19-10-17(23(26)30)12-28-24(19)29)16-9-15-3-2-8-27-22(15)21(25)11-16/h2-13H,1H3,(H2,26,30). The van der Waals surface area contributed by atoms with Crippen molar-refractivity contribution in [2.24, 2.45) is 5.73 Å². The normalized spacial score (nSPS) is 11.8. The van der Waals surface area contributed by atoms with Gasteiger partial charge in [0.25, 0.3) is 10.0 Å². The minimum absolute atomic E-state index is 0.0752. The molecule has 33 heavy (non-hydrogen) atoms. The van der Waals surface area contributed by atoms with Gasteiger partial charge in [0.1, 0.15) is 11.3 Å². The van der Waals surface area contributed by atoms with Gasteiger partial charge in [-0.2, -0.15) is 0 Å². The summed E-state index contributed by atoms with van der Waals surface area (Å²) in [5.41, 5.74) is 7.55. The van der Waals surface area contributed by atoms with Gasteiger partial charge in [-0.05, 0) is 48.9 Å². The fourth-order valence-corrected chi connectivity index (χ4v) is 5.08. The molecule has 5 rings (SSSR count). The van der Waals surface area contributed by atoms with Crippen LogP contribution < -0.4 is 5.73 Å². The highest BCUT2D eigenvalue weighted by molar-refractivity contribution is 7.90. The van der Waals surface area contributed by atoms with Crippen LogP contribution in [-0.2, 0) is 10.0 Å². The number of carbonyl (C=O) groups is 1. The van der Waals surface area contributed by atoms with E-state index in [-0.39, 0.29) is 21.6 Å². The molecule has 0 aliphatic heterocycles. The van der Waals surface area contributed by atoms with Crippen LogP contribution in [0.5, 0.6) is 0 Å². The highest BCUT2D eigenvalue weighted by Crippen LogP contribution is 2.34. The monoisotopic (exact) mass is 460 g/mol. The van der Waals surface area contributed by atoms with Crippen LogP contribution in [0.4, 0.5) is 4.39 Å². The second-order valence-electron chi connectivity index (χ2n) is 7.65. The maximum atomic E-state index is 14.8. The number of hydrogen-bond donors (Lipinski definition) is 1. The molecule has 2 N–H and O–H groups in total. The minimum Gasteiger partial charge on any atom is -0.366 e. The van der Waals surface area contributed by atoms with E-state index < -0.39 is 21.7 Å². The predicted molar refractivity (Wildman–Crippen MR) is 123 cm³/mol. The molecule has 3 heterocycles. The summed E-state index contributed by atoms with van der Waals surface area (Å²) in [7, 11) is -4.02. The number of aryl methyl sites for hydroxylation is 1. The Labute approximate surface area is 188 Å². The fraction of sp³-hybridized carbons (Fsp3) is 0.0417. The average molecular weight is 460 g/mol. The molecule has 3 aromatic heterocycles. The SMILES string of the molecule is Cc1ccc(S(=O)(=O)n2cc(-c3cc(F)c4ncccc4c3)c3cc(C(N)=O)cnc32)cc1. The van der Waals surface area contributed by atoms with E-state index in [2.05, 4.69) is 9.97 Å². The second-order valence-corrected chi connectivity index (χ2v) is 9.46. The lowest BCUT2D eigenvalue weighted by atomic mass is 10.0. The van der Waals surface area contributed by atoms with Gasteiger partial charge in [-0.25, -0.2) is 21.8 Å². The first-order chi connectivity index (χ1) is 15.8. The van der Waals surface area contributed by atoms with Crippen LogP contribution in [0.25, 0.3) is 33.1 Å². The van der Waals surface area contributed by atoms with E-state index in [4.69, 9.17) is 5.73 Å². The van der Waals surface area contributed by atoms with E-state index in [0.717, 1.165) is 9.54 Å². The summed E-state index contributed by atoms with van der Waals surface area (Å²) in [4.78, 5) is 20.1. The number of nitrogens with zero attached hydrogens (tertiary/aromatic N) is 3. The quantitative estimate of drug-likeness (QED) is 0.436. The molecule has 0 atom stereocenters. The first-order valence-corrected chi connectivity index (χ1v) is 11.4. The zero-order valence-electron chi connectivity index (χ0n) is 17.4. The number of amides is 1. The Kier molecular flexibility index (Phi) is 4.71. The van der Waals surface area contributed by atoms with E-state index in [9.17, 15) is 17.6 Å². The van der Waals surface area contributed by atoms with Crippen molar-refractivity contribution in [3.05, 3.63) is 90.1 Å². The van der Waals surface area contributed by atoms with E-state index >= 15 is 0 Å². The van der Waals surface area contributed by atoms with Crippen molar-refractivity contribution in [2.45, 2.75) is 11.8 Å². The molecule has 1 amide bonds. The predicted octanol–water partition coefficient (Wildman–Crippen LogP) is 4.03. The molecule has 0 saturated carbocycles. The molecule has 5 aromatic rings. The number of carbonyl (C=O) groups excluding carboxylic acids is 1. The second kappa shape index (κ2) is 7.49. The molecule has 0 radical (unpaired) electrons. The number of primary amides is 1. The van der Waals surface area contributed by atoms with Gasteiger partial charge in [0.2, 0.25) is 5.91 Å². The summed E-state index contributed by atoms with van der Waals surface area (Å²) in [6.45, 7) is 1.86. The van der Waals surface area contributed by atoms with Gasteiger partial charge in [-0.15, -0.1) is 0 Å². The molecule has 164 valence electrons. The summed E-state index contributed by atoms with van der Waals surface area (Å²) in [5, 5.41) is 0.901. The van der Waals surface area contributed by atoms with Gasteiger partial charge in [0, 0.05) is 34.9 Å². The summed E-state index contributed by atoms with van der Waals surface area (Å²) in [6, 6.07) is 14.3. The lowest BCUT2D eigenvalue weighted by molar-refractivity contribution is 0.1000. The largest absolute Gasteiger partial charge is 0.366 e. The van der Waals surface area contributed by atoms with Crippen LogP contribution in [0.15, 0.2) is 78.1 Å². The van der Waals surface area contributed by atoms with Crippen molar-refractivity contribution in [1.29, 1.82) is 0 Å². The Morgan fingerprint density at radius 2 is 1.82 bits per heavy atom. The molecule has 2 aromatic carbocycles. The highest BCUT2D eigenvalue weighted by Gasteiger charge is 2.24. The van der Waals surface area contributed by atoms with Crippen LogP contribution in [0, 0.1) is 12.7 Å². The molecule has 0 saturated heterocycles. The number of hydrogen-bond acceptors (Lipinski definition) is 5. The van der Waals surface area contributed by atoms with Crippen molar-refractivity contribution < 1.29 is 17.6 Å². The van der Waals surface area contributed by atoms with Gasteiger partial charge in [-0.3, -0.25) is 9.78 Å². The highest BCUT2D eigenvalue weighted by atomic mass is 32.2. The van der Waals surface area contributed by atoms with E-state index in [0.29, 0.717) is 21.9 Å². The Balaban J connectivity index is 1.82. The number of fused-ring (bicyclic) bond motifs is 2. The molecular weight excluding hydrogens is 443 g/mol. The van der Waals surface area contributed by atoms with Crippen molar-refractivity contribution in [3.8, 4) is 11.1 Å². The van der Waals surface area contributed by atoms with Gasteiger partial charge < -0.3 is 5.73 Å². The van der Waals surface area contributed by atoms with Gasteiger partial charge >= 0.3 is 0 Å². The third-order valence-electron chi connectivity index (χ3n) is 5.44. The number of aromatic nitrogens is 3. The first-order valence-electron chi connectivity index (χ1n) is 9.93. The molecular formula is C24H17FN4O3S. The van der Waals surface area contributed by atoms with Crippen molar-refractivity contribution in [1.82, 2.24) is 13.9 Å². The number of rotatable bonds is 4. The molecule has 7 nitrogen and oxygen atoms in total. The average Bonchev–Trinajstić information content (AvgIpc) is 3.19. The summed E-state index contributed by atoms with van der Waals surface area (Å²) in [6.07, 6.45) is 4.10. The summed E-state index contributed by atoms with van der Waals surface area (Å²) in [5.74, 6) is -1.26. The number of pyridine rings is 2. The molecule has 0 aliphatic carbocycles. The van der Waals surface area contributed by atoms with Crippen LogP contribution in [-0.4, -0.2) is 28.3 Å². The maximum Gasteiger partial charge on any atom is 0.269 e. The Hall–Kier alpha value is -4.11. The third-order valence-corrected chi connectivity index (χ3v) is 7.11. The zero-order chi connectivity index (χ0) is 23.3. The van der Waals surface area contributed by atoms with Crippen LogP contribution in [0.2, 0.25) is 0 Å². The van der Waals surface area contributed by atoms with E-state index in [1.165, 1.54) is 42.9 Å². The van der Waals surface area contributed by atoms with E-state index in [1.54, 1.807) is 30.3 Å². The molecule has 0 spiro atoms.